The second-order valence-electron chi connectivity index (χ2n) is 7.29. The molecule has 1 aromatic heterocycles. The van der Waals surface area contributed by atoms with Crippen LogP contribution in [0.4, 0.5) is 5.95 Å². The van der Waals surface area contributed by atoms with E-state index >= 15 is 0 Å². The van der Waals surface area contributed by atoms with E-state index in [9.17, 15) is 9.59 Å². The predicted molar refractivity (Wildman–Crippen MR) is 112 cm³/mol. The van der Waals surface area contributed by atoms with Crippen molar-refractivity contribution < 1.29 is 9.59 Å². The van der Waals surface area contributed by atoms with Gasteiger partial charge in [0.05, 0.1) is 17.6 Å². The standard InChI is InChI=1S/C21H21N7O2/c29-19(13-27-20(30)18-10-11-22-28(18)14-23-27)25-21-24-16-8-4-5-9-17(16)26(21)12-15-6-2-1-3-7-15/h1-9,14,18,22H,10-13H2,(H,24,25,29). The molecule has 2 N–H and O–H groups in total. The average Bonchev–Trinajstić information content (AvgIpc) is 3.37. The van der Waals surface area contributed by atoms with Gasteiger partial charge in [0.1, 0.15) is 18.9 Å². The normalized spacial score (nSPS) is 18.1. The van der Waals surface area contributed by atoms with Crippen molar-refractivity contribution in [1.82, 2.24) is 25.0 Å². The van der Waals surface area contributed by atoms with Gasteiger partial charge in [-0.15, -0.1) is 0 Å². The SMILES string of the molecule is O=C(CN1N=CN2NCCC2C1=O)Nc1nc2ccccc2n1Cc1ccccc1. The third kappa shape index (κ3) is 3.39. The quantitative estimate of drug-likeness (QED) is 0.671. The molecule has 0 saturated carbocycles. The van der Waals surface area contributed by atoms with E-state index in [1.165, 1.54) is 5.01 Å². The van der Waals surface area contributed by atoms with E-state index < -0.39 is 0 Å². The lowest BCUT2D eigenvalue weighted by Crippen LogP contribution is -2.52. The number of hydrogen-bond donors (Lipinski definition) is 2. The van der Waals surface area contributed by atoms with Crippen molar-refractivity contribution in [3.05, 3.63) is 60.2 Å². The fraction of sp³-hybridized carbons (Fsp3) is 0.238. The minimum Gasteiger partial charge on any atom is -0.305 e. The van der Waals surface area contributed by atoms with Gasteiger partial charge in [-0.2, -0.15) is 5.10 Å². The molecule has 1 saturated heterocycles. The number of imidazole rings is 1. The van der Waals surface area contributed by atoms with Crippen LogP contribution in [0.25, 0.3) is 11.0 Å². The van der Waals surface area contributed by atoms with Gasteiger partial charge in [-0.05, 0) is 24.1 Å². The summed E-state index contributed by atoms with van der Waals surface area (Å²) in [5.74, 6) is -0.0809. The lowest BCUT2D eigenvalue weighted by molar-refractivity contribution is -0.139. The largest absolute Gasteiger partial charge is 0.305 e. The van der Waals surface area contributed by atoms with Gasteiger partial charge in [0, 0.05) is 6.54 Å². The van der Waals surface area contributed by atoms with Crippen LogP contribution < -0.4 is 10.7 Å². The molecule has 1 fully saturated rings. The Morgan fingerprint density at radius 2 is 1.93 bits per heavy atom. The van der Waals surface area contributed by atoms with E-state index in [-0.39, 0.29) is 24.4 Å². The summed E-state index contributed by atoms with van der Waals surface area (Å²) < 4.78 is 1.96. The molecule has 2 amide bonds. The number of nitrogens with one attached hydrogen (secondary N) is 2. The van der Waals surface area contributed by atoms with E-state index in [1.807, 2.05) is 59.2 Å². The fourth-order valence-electron chi connectivity index (χ4n) is 3.81. The Morgan fingerprint density at radius 3 is 2.80 bits per heavy atom. The van der Waals surface area contributed by atoms with E-state index in [0.29, 0.717) is 25.5 Å². The van der Waals surface area contributed by atoms with Crippen LogP contribution in [0.15, 0.2) is 59.7 Å². The third-order valence-corrected chi connectivity index (χ3v) is 5.29. The third-order valence-electron chi connectivity index (χ3n) is 5.29. The van der Waals surface area contributed by atoms with E-state index in [0.717, 1.165) is 16.6 Å². The van der Waals surface area contributed by atoms with Gasteiger partial charge in [0.2, 0.25) is 11.9 Å². The smallest absolute Gasteiger partial charge is 0.267 e. The molecular formula is C21H21N7O2. The highest BCUT2D eigenvalue weighted by Gasteiger charge is 2.36. The second-order valence-corrected chi connectivity index (χ2v) is 7.29. The summed E-state index contributed by atoms with van der Waals surface area (Å²) in [6.07, 6.45) is 2.24. The fourth-order valence-corrected chi connectivity index (χ4v) is 3.81. The number of hydrogen-bond acceptors (Lipinski definition) is 6. The lowest BCUT2D eigenvalue weighted by Gasteiger charge is -2.29. The molecule has 0 radical (unpaired) electrons. The van der Waals surface area contributed by atoms with Crippen LogP contribution in [0.2, 0.25) is 0 Å². The number of amides is 2. The molecule has 1 atom stereocenters. The molecule has 5 rings (SSSR count). The van der Waals surface area contributed by atoms with Crippen LogP contribution in [0.5, 0.6) is 0 Å². The zero-order valence-electron chi connectivity index (χ0n) is 16.2. The highest BCUT2D eigenvalue weighted by atomic mass is 16.2. The van der Waals surface area contributed by atoms with Gasteiger partial charge in [-0.25, -0.2) is 15.4 Å². The number of fused-ring (bicyclic) bond motifs is 2. The molecule has 0 bridgehead atoms. The molecule has 30 heavy (non-hydrogen) atoms. The molecular weight excluding hydrogens is 382 g/mol. The van der Waals surface area contributed by atoms with E-state index in [1.54, 1.807) is 11.3 Å². The van der Waals surface area contributed by atoms with Gasteiger partial charge in [-0.1, -0.05) is 42.5 Å². The Morgan fingerprint density at radius 1 is 1.13 bits per heavy atom. The van der Waals surface area contributed by atoms with Crippen molar-refractivity contribution in [3.8, 4) is 0 Å². The van der Waals surface area contributed by atoms with Crippen LogP contribution in [0.1, 0.15) is 12.0 Å². The minimum atomic E-state index is -0.343. The number of aromatic nitrogens is 2. The van der Waals surface area contributed by atoms with Crippen molar-refractivity contribution in [2.45, 2.75) is 19.0 Å². The first-order valence-corrected chi connectivity index (χ1v) is 9.85. The highest BCUT2D eigenvalue weighted by molar-refractivity contribution is 5.96. The zero-order valence-corrected chi connectivity index (χ0v) is 16.2. The molecule has 0 aliphatic carbocycles. The Kier molecular flexibility index (Phi) is 4.64. The molecule has 2 aliphatic rings. The summed E-state index contributed by atoms with van der Waals surface area (Å²) >= 11 is 0. The zero-order chi connectivity index (χ0) is 20.5. The Bertz CT molecular complexity index is 1120. The van der Waals surface area contributed by atoms with Gasteiger partial charge >= 0.3 is 0 Å². The van der Waals surface area contributed by atoms with E-state index in [4.69, 9.17) is 0 Å². The molecule has 3 heterocycles. The van der Waals surface area contributed by atoms with Crippen LogP contribution in [-0.4, -0.2) is 56.9 Å². The van der Waals surface area contributed by atoms with Gasteiger partial charge in [-0.3, -0.25) is 19.9 Å². The first kappa shape index (κ1) is 18.3. The number of carbonyl (C=O) groups excluding carboxylic acids is 2. The molecule has 9 nitrogen and oxygen atoms in total. The minimum absolute atomic E-state index is 0.159. The van der Waals surface area contributed by atoms with Crippen molar-refractivity contribution in [2.75, 3.05) is 18.4 Å². The Labute approximate surface area is 172 Å². The predicted octanol–water partition coefficient (Wildman–Crippen LogP) is 1.39. The van der Waals surface area contributed by atoms with Crippen molar-refractivity contribution >= 4 is 35.1 Å². The van der Waals surface area contributed by atoms with Crippen LogP contribution in [-0.2, 0) is 16.1 Å². The number of carbonyl (C=O) groups is 2. The first-order valence-electron chi connectivity index (χ1n) is 9.85. The Hall–Kier alpha value is -3.72. The summed E-state index contributed by atoms with van der Waals surface area (Å²) in [5.41, 5.74) is 5.89. The van der Waals surface area contributed by atoms with Gasteiger partial charge in [0.25, 0.3) is 5.91 Å². The monoisotopic (exact) mass is 403 g/mol. The lowest BCUT2D eigenvalue weighted by atomic mass is 10.2. The number of nitrogens with zero attached hydrogens (tertiary/aromatic N) is 5. The summed E-state index contributed by atoms with van der Waals surface area (Å²) in [7, 11) is 0. The molecule has 0 spiro atoms. The average molecular weight is 403 g/mol. The number of para-hydroxylation sites is 2. The number of hydrazone groups is 1. The number of anilines is 1. The molecule has 2 aromatic carbocycles. The molecule has 152 valence electrons. The van der Waals surface area contributed by atoms with Crippen LogP contribution >= 0.6 is 0 Å². The number of hydrazine groups is 1. The summed E-state index contributed by atoms with van der Waals surface area (Å²) in [5, 5.41) is 9.87. The second kappa shape index (κ2) is 7.60. The maximum absolute atomic E-state index is 12.7. The number of benzene rings is 2. The maximum Gasteiger partial charge on any atom is 0.267 e. The van der Waals surface area contributed by atoms with Crippen molar-refractivity contribution in [2.24, 2.45) is 5.10 Å². The van der Waals surface area contributed by atoms with Gasteiger partial charge in [0.15, 0.2) is 0 Å². The number of rotatable bonds is 5. The molecule has 9 heteroatoms. The summed E-state index contributed by atoms with van der Waals surface area (Å²) in [6.45, 7) is 1.13. The Balaban J connectivity index is 1.37. The van der Waals surface area contributed by atoms with Crippen LogP contribution in [0, 0.1) is 0 Å². The maximum atomic E-state index is 12.7. The summed E-state index contributed by atoms with van der Waals surface area (Å²) in [4.78, 5) is 29.9. The first-order chi connectivity index (χ1) is 14.7. The van der Waals surface area contributed by atoms with Crippen molar-refractivity contribution in [3.63, 3.8) is 0 Å². The van der Waals surface area contributed by atoms with E-state index in [2.05, 4.69) is 20.8 Å². The van der Waals surface area contributed by atoms with Crippen molar-refractivity contribution in [1.29, 1.82) is 0 Å². The van der Waals surface area contributed by atoms with Gasteiger partial charge < -0.3 is 4.57 Å². The molecule has 1 unspecified atom stereocenters. The molecule has 2 aliphatic heterocycles. The summed E-state index contributed by atoms with van der Waals surface area (Å²) in [6, 6.07) is 17.4. The molecule has 3 aromatic rings. The highest BCUT2D eigenvalue weighted by Crippen LogP contribution is 2.21. The van der Waals surface area contributed by atoms with Crippen LogP contribution in [0.3, 0.4) is 0 Å². The topological polar surface area (TPSA) is 94.9 Å².